The van der Waals surface area contributed by atoms with Crippen LogP contribution in [0.4, 0.5) is 0 Å². The van der Waals surface area contributed by atoms with Crippen LogP contribution in [0.1, 0.15) is 23.6 Å². The van der Waals surface area contributed by atoms with Gasteiger partial charge in [-0.2, -0.15) is 0 Å². The molecule has 2 aliphatic rings. The molecule has 6 heteroatoms. The van der Waals surface area contributed by atoms with E-state index in [2.05, 4.69) is 53.1 Å². The highest BCUT2D eigenvalue weighted by Gasteiger charge is 2.22. The first-order valence-electron chi connectivity index (χ1n) is 10.8. The molecule has 6 nitrogen and oxygen atoms in total. The van der Waals surface area contributed by atoms with Crippen molar-refractivity contribution in [1.29, 1.82) is 0 Å². The van der Waals surface area contributed by atoms with E-state index < -0.39 is 0 Å². The van der Waals surface area contributed by atoms with Crippen LogP contribution in [0.3, 0.4) is 0 Å². The van der Waals surface area contributed by atoms with E-state index in [0.717, 1.165) is 57.2 Å². The Morgan fingerprint density at radius 1 is 0.933 bits per heavy atom. The first kappa shape index (κ1) is 20.7. The smallest absolute Gasteiger partial charge is 0.236 e. The van der Waals surface area contributed by atoms with Crippen molar-refractivity contribution in [1.82, 2.24) is 14.7 Å². The van der Waals surface area contributed by atoms with E-state index in [1.165, 1.54) is 16.7 Å². The van der Waals surface area contributed by atoms with Crippen LogP contribution >= 0.6 is 0 Å². The molecule has 2 aliphatic heterocycles. The second kappa shape index (κ2) is 9.49. The topological polar surface area (TPSA) is 45.3 Å². The molecule has 0 unspecified atom stereocenters. The average molecular weight is 410 g/mol. The molecular weight excluding hydrogens is 378 g/mol. The van der Waals surface area contributed by atoms with Crippen LogP contribution in [0, 0.1) is 0 Å². The molecule has 2 aromatic rings. The standard InChI is InChI=1S/C24H31N3O3/c1-3-19-4-6-20(7-5-19)15-25(2)17-24(28)27-12-10-26(11-13-27)16-21-8-9-22-23(14-21)30-18-29-22/h4-9,14H,3,10-13,15-18H2,1-2H3. The number of hydrogen-bond donors (Lipinski definition) is 0. The minimum Gasteiger partial charge on any atom is -0.454 e. The van der Waals surface area contributed by atoms with Crippen LogP contribution in [0.15, 0.2) is 42.5 Å². The Kier molecular flexibility index (Phi) is 6.55. The van der Waals surface area contributed by atoms with Gasteiger partial charge >= 0.3 is 0 Å². The van der Waals surface area contributed by atoms with Gasteiger partial charge in [0.15, 0.2) is 11.5 Å². The number of nitrogens with zero attached hydrogens (tertiary/aromatic N) is 3. The van der Waals surface area contributed by atoms with Gasteiger partial charge in [-0.1, -0.05) is 37.3 Å². The molecule has 30 heavy (non-hydrogen) atoms. The van der Waals surface area contributed by atoms with Crippen LogP contribution in [0.2, 0.25) is 0 Å². The summed E-state index contributed by atoms with van der Waals surface area (Å²) >= 11 is 0. The number of rotatable bonds is 7. The van der Waals surface area contributed by atoms with Crippen LogP contribution < -0.4 is 9.47 Å². The third kappa shape index (κ3) is 5.12. The number of piperazine rings is 1. The quantitative estimate of drug-likeness (QED) is 0.704. The highest BCUT2D eigenvalue weighted by atomic mass is 16.7. The molecule has 1 fully saturated rings. The molecular formula is C24H31N3O3. The molecule has 0 saturated carbocycles. The van der Waals surface area contributed by atoms with Gasteiger partial charge in [-0.15, -0.1) is 0 Å². The molecule has 0 radical (unpaired) electrons. The summed E-state index contributed by atoms with van der Waals surface area (Å²) in [4.78, 5) is 19.2. The minimum absolute atomic E-state index is 0.213. The fraction of sp³-hybridized carbons (Fsp3) is 0.458. The lowest BCUT2D eigenvalue weighted by Gasteiger charge is -2.35. The minimum atomic E-state index is 0.213. The summed E-state index contributed by atoms with van der Waals surface area (Å²) < 4.78 is 10.8. The average Bonchev–Trinajstić information content (AvgIpc) is 3.22. The van der Waals surface area contributed by atoms with Crippen LogP contribution in [-0.4, -0.2) is 67.2 Å². The van der Waals surface area contributed by atoms with Gasteiger partial charge in [-0.3, -0.25) is 14.6 Å². The fourth-order valence-electron chi connectivity index (χ4n) is 4.03. The second-order valence-electron chi connectivity index (χ2n) is 8.19. The molecule has 0 aromatic heterocycles. The van der Waals surface area contributed by atoms with E-state index in [4.69, 9.17) is 9.47 Å². The zero-order valence-corrected chi connectivity index (χ0v) is 18.0. The summed E-state index contributed by atoms with van der Waals surface area (Å²) in [5, 5.41) is 0. The van der Waals surface area contributed by atoms with Gasteiger partial charge < -0.3 is 14.4 Å². The lowest BCUT2D eigenvalue weighted by molar-refractivity contribution is -0.134. The number of ether oxygens (including phenoxy) is 2. The summed E-state index contributed by atoms with van der Waals surface area (Å²) in [5.41, 5.74) is 3.81. The van der Waals surface area contributed by atoms with Gasteiger partial charge in [0.25, 0.3) is 0 Å². The second-order valence-corrected chi connectivity index (χ2v) is 8.19. The Balaban J connectivity index is 1.21. The summed E-state index contributed by atoms with van der Waals surface area (Å²) in [6.07, 6.45) is 1.05. The molecule has 0 spiro atoms. The molecule has 160 valence electrons. The summed E-state index contributed by atoms with van der Waals surface area (Å²) in [6.45, 7) is 7.92. The van der Waals surface area contributed by atoms with E-state index in [1.807, 2.05) is 18.0 Å². The molecule has 0 aliphatic carbocycles. The maximum absolute atomic E-state index is 12.7. The van der Waals surface area contributed by atoms with Crippen molar-refractivity contribution in [2.24, 2.45) is 0 Å². The molecule has 1 amide bonds. The number of hydrogen-bond acceptors (Lipinski definition) is 5. The Labute approximate surface area is 179 Å². The number of carbonyl (C=O) groups is 1. The Bertz CT molecular complexity index is 860. The molecule has 0 bridgehead atoms. The fourth-order valence-corrected chi connectivity index (χ4v) is 4.03. The van der Waals surface area contributed by atoms with Crippen molar-refractivity contribution in [3.63, 3.8) is 0 Å². The van der Waals surface area contributed by atoms with Crippen molar-refractivity contribution in [3.8, 4) is 11.5 Å². The third-order valence-electron chi connectivity index (χ3n) is 5.86. The summed E-state index contributed by atoms with van der Waals surface area (Å²) in [6, 6.07) is 14.8. The lowest BCUT2D eigenvalue weighted by Crippen LogP contribution is -2.50. The summed E-state index contributed by atoms with van der Waals surface area (Å²) in [5.74, 6) is 1.86. The highest BCUT2D eigenvalue weighted by Crippen LogP contribution is 2.32. The van der Waals surface area contributed by atoms with Crippen LogP contribution in [0.25, 0.3) is 0 Å². The third-order valence-corrected chi connectivity index (χ3v) is 5.86. The largest absolute Gasteiger partial charge is 0.454 e. The molecule has 1 saturated heterocycles. The predicted molar refractivity (Wildman–Crippen MR) is 117 cm³/mol. The van der Waals surface area contributed by atoms with Crippen molar-refractivity contribution < 1.29 is 14.3 Å². The predicted octanol–water partition coefficient (Wildman–Crippen LogP) is 2.75. The zero-order valence-electron chi connectivity index (χ0n) is 18.0. The normalized spacial score (nSPS) is 16.3. The van der Waals surface area contributed by atoms with E-state index >= 15 is 0 Å². The maximum Gasteiger partial charge on any atom is 0.236 e. The van der Waals surface area contributed by atoms with Gasteiger partial charge in [0.05, 0.1) is 6.54 Å². The molecule has 2 aromatic carbocycles. The van der Waals surface area contributed by atoms with E-state index in [1.54, 1.807) is 0 Å². The zero-order chi connectivity index (χ0) is 20.9. The number of likely N-dealkylation sites (N-methyl/N-ethyl adjacent to an activating group) is 1. The van der Waals surface area contributed by atoms with Crippen molar-refractivity contribution >= 4 is 5.91 Å². The van der Waals surface area contributed by atoms with Crippen molar-refractivity contribution in [2.45, 2.75) is 26.4 Å². The maximum atomic E-state index is 12.7. The lowest BCUT2D eigenvalue weighted by atomic mass is 10.1. The number of amides is 1. The monoisotopic (exact) mass is 409 g/mol. The molecule has 0 atom stereocenters. The van der Waals surface area contributed by atoms with Crippen molar-refractivity contribution in [2.75, 3.05) is 46.6 Å². The number of carbonyl (C=O) groups excluding carboxylic acids is 1. The summed E-state index contributed by atoms with van der Waals surface area (Å²) in [7, 11) is 2.02. The number of benzene rings is 2. The molecule has 4 rings (SSSR count). The Hall–Kier alpha value is -2.57. The number of aryl methyl sites for hydroxylation is 1. The molecule has 2 heterocycles. The van der Waals surface area contributed by atoms with Crippen LogP contribution in [-0.2, 0) is 24.3 Å². The van der Waals surface area contributed by atoms with Gasteiger partial charge in [0.2, 0.25) is 12.7 Å². The Morgan fingerprint density at radius 2 is 1.60 bits per heavy atom. The number of fused-ring (bicyclic) bond motifs is 1. The first-order chi connectivity index (χ1) is 14.6. The van der Waals surface area contributed by atoms with Gasteiger partial charge in [-0.05, 0) is 42.3 Å². The van der Waals surface area contributed by atoms with E-state index in [-0.39, 0.29) is 5.91 Å². The van der Waals surface area contributed by atoms with Gasteiger partial charge in [0, 0.05) is 39.3 Å². The van der Waals surface area contributed by atoms with E-state index in [0.29, 0.717) is 13.3 Å². The van der Waals surface area contributed by atoms with Gasteiger partial charge in [0.1, 0.15) is 0 Å². The van der Waals surface area contributed by atoms with Crippen molar-refractivity contribution in [3.05, 3.63) is 59.2 Å². The first-order valence-corrected chi connectivity index (χ1v) is 10.8. The van der Waals surface area contributed by atoms with Crippen LogP contribution in [0.5, 0.6) is 11.5 Å². The van der Waals surface area contributed by atoms with E-state index in [9.17, 15) is 4.79 Å². The highest BCUT2D eigenvalue weighted by molar-refractivity contribution is 5.78. The van der Waals surface area contributed by atoms with Gasteiger partial charge in [-0.25, -0.2) is 0 Å². The molecule has 0 N–H and O–H groups in total. The Morgan fingerprint density at radius 3 is 2.33 bits per heavy atom. The SMILES string of the molecule is CCc1ccc(CN(C)CC(=O)N2CCN(Cc3ccc4c(c3)OCO4)CC2)cc1.